The van der Waals surface area contributed by atoms with E-state index in [0.717, 1.165) is 0 Å². The minimum atomic E-state index is -2.53. The molecule has 1 saturated heterocycles. The predicted molar refractivity (Wildman–Crippen MR) is 61.3 cm³/mol. The number of allylic oxidation sites excluding steroid dienone is 2. The molecule has 5 heteroatoms. The van der Waals surface area contributed by atoms with Crippen molar-refractivity contribution in [2.24, 2.45) is 5.92 Å². The molecule has 0 radical (unpaired) electrons. The predicted octanol–water partition coefficient (Wildman–Crippen LogP) is 2.74. The van der Waals surface area contributed by atoms with E-state index in [9.17, 15) is 9.13 Å². The topological polar surface area (TPSA) is 43.4 Å². The van der Waals surface area contributed by atoms with Crippen molar-refractivity contribution in [2.45, 2.75) is 17.4 Å². The van der Waals surface area contributed by atoms with Gasteiger partial charge in [0.1, 0.15) is 7.14 Å². The van der Waals surface area contributed by atoms with Gasteiger partial charge in [-0.1, -0.05) is 18.2 Å². The fraction of sp³-hybridized carbons (Fsp3) is 0.600. The van der Waals surface area contributed by atoms with Gasteiger partial charge in [0.15, 0.2) is 0 Å². The summed E-state index contributed by atoms with van der Waals surface area (Å²) in [6, 6.07) is 0. The fourth-order valence-electron chi connectivity index (χ4n) is 3.00. The van der Waals surface area contributed by atoms with Gasteiger partial charge in [-0.05, 0) is 12.5 Å². The third-order valence-electron chi connectivity index (χ3n) is 3.69. The average molecular weight is 244 g/mol. The Morgan fingerprint density at radius 2 is 1.87 bits per heavy atom. The molecular weight excluding hydrogens is 230 g/mol. The molecule has 4 rings (SSSR count). The van der Waals surface area contributed by atoms with Crippen LogP contribution >= 0.6 is 14.5 Å². The van der Waals surface area contributed by atoms with Crippen LogP contribution in [0.5, 0.6) is 0 Å². The first kappa shape index (κ1) is 10.1. The molecule has 3 heterocycles. The zero-order valence-corrected chi connectivity index (χ0v) is 10.5. The summed E-state index contributed by atoms with van der Waals surface area (Å²) in [7, 11) is -4.78. The molecule has 0 N–H and O–H groups in total. The second kappa shape index (κ2) is 2.77. The average Bonchev–Trinajstić information content (AvgIpc) is 2.43. The quantitative estimate of drug-likeness (QED) is 0.486. The van der Waals surface area contributed by atoms with Crippen molar-refractivity contribution in [3.8, 4) is 0 Å². The summed E-state index contributed by atoms with van der Waals surface area (Å²) in [5, 5.41) is 0. The highest BCUT2D eigenvalue weighted by Gasteiger charge is 2.56. The summed E-state index contributed by atoms with van der Waals surface area (Å²) in [6.45, 7) is 3.49. The molecule has 2 bridgehead atoms. The number of hydrogen-bond acceptors (Lipinski definition) is 3. The van der Waals surface area contributed by atoms with Crippen LogP contribution in [0.25, 0.3) is 0 Å². The van der Waals surface area contributed by atoms with E-state index in [1.807, 2.05) is 24.0 Å². The van der Waals surface area contributed by atoms with Gasteiger partial charge in [0.2, 0.25) is 7.37 Å². The first-order valence-corrected chi connectivity index (χ1v) is 9.55. The second-order valence-corrected chi connectivity index (χ2v) is 10.5. The zero-order valence-electron chi connectivity index (χ0n) is 8.74. The lowest BCUT2D eigenvalue weighted by atomic mass is 9.91. The van der Waals surface area contributed by atoms with E-state index in [4.69, 9.17) is 4.52 Å². The molecule has 6 atom stereocenters. The molecule has 4 aliphatic rings. The Labute approximate surface area is 89.4 Å². The number of rotatable bonds is 0. The fourth-order valence-corrected chi connectivity index (χ4v) is 7.83. The summed E-state index contributed by atoms with van der Waals surface area (Å²) in [6.07, 6.45) is 5.72. The number of hydrogen-bond donors (Lipinski definition) is 0. The smallest absolute Gasteiger partial charge is 0.208 e. The largest absolute Gasteiger partial charge is 0.320 e. The summed E-state index contributed by atoms with van der Waals surface area (Å²) < 4.78 is 30.1. The molecule has 3 nitrogen and oxygen atoms in total. The van der Waals surface area contributed by atoms with Gasteiger partial charge >= 0.3 is 0 Å². The minimum Gasteiger partial charge on any atom is -0.320 e. The van der Waals surface area contributed by atoms with Crippen molar-refractivity contribution in [3.05, 3.63) is 24.0 Å². The third-order valence-corrected chi connectivity index (χ3v) is 8.54. The van der Waals surface area contributed by atoms with Crippen molar-refractivity contribution in [1.82, 2.24) is 0 Å². The van der Waals surface area contributed by atoms with Crippen LogP contribution in [-0.2, 0) is 13.7 Å². The van der Waals surface area contributed by atoms with Gasteiger partial charge in [-0.25, -0.2) is 0 Å². The lowest BCUT2D eigenvalue weighted by Gasteiger charge is -2.45. The maximum absolute atomic E-state index is 12.3. The minimum absolute atomic E-state index is 0.0366. The van der Waals surface area contributed by atoms with Crippen molar-refractivity contribution in [1.29, 1.82) is 0 Å². The maximum atomic E-state index is 12.3. The van der Waals surface area contributed by atoms with E-state index >= 15 is 0 Å². The number of fused-ring (bicyclic) bond motifs is 1. The van der Waals surface area contributed by atoms with Gasteiger partial charge in [0.25, 0.3) is 0 Å². The summed E-state index contributed by atoms with van der Waals surface area (Å²) >= 11 is 0. The van der Waals surface area contributed by atoms with Crippen LogP contribution in [0.3, 0.4) is 0 Å². The van der Waals surface area contributed by atoms with Crippen molar-refractivity contribution in [2.75, 3.05) is 13.3 Å². The molecule has 0 amide bonds. The Morgan fingerprint density at radius 3 is 2.53 bits per heavy atom. The first-order chi connectivity index (χ1) is 6.92. The maximum Gasteiger partial charge on any atom is 0.208 e. The Balaban J connectivity index is 2.12. The lowest BCUT2D eigenvalue weighted by Crippen LogP contribution is -2.44. The monoisotopic (exact) mass is 244 g/mol. The van der Waals surface area contributed by atoms with E-state index in [-0.39, 0.29) is 23.3 Å². The van der Waals surface area contributed by atoms with E-state index < -0.39 is 14.5 Å². The van der Waals surface area contributed by atoms with Gasteiger partial charge in [-0.15, -0.1) is 0 Å². The van der Waals surface area contributed by atoms with Crippen molar-refractivity contribution in [3.63, 3.8) is 0 Å². The standard InChI is InChI=1S/C10H14O3P2/c1-14(11)6-5-7-9-4-3-8(10(7)14)13-15(9,2)12/h3-10H,1-2H3/t7-,8-,9+,10-,14?,15?/m0/s1. The second-order valence-electron chi connectivity index (χ2n) is 4.82. The Kier molecular flexibility index (Phi) is 1.86. The van der Waals surface area contributed by atoms with Gasteiger partial charge in [-0.2, -0.15) is 0 Å². The molecule has 1 aliphatic carbocycles. The Bertz CT molecular complexity index is 465. The van der Waals surface area contributed by atoms with Gasteiger partial charge < -0.3 is 9.09 Å². The van der Waals surface area contributed by atoms with Crippen LogP contribution in [0.15, 0.2) is 24.0 Å². The highest BCUT2D eigenvalue weighted by atomic mass is 31.2. The molecule has 82 valence electrons. The van der Waals surface area contributed by atoms with Crippen LogP contribution in [0.1, 0.15) is 0 Å². The molecule has 2 unspecified atom stereocenters. The molecule has 0 aromatic rings. The van der Waals surface area contributed by atoms with Crippen LogP contribution in [0, 0.1) is 5.92 Å². The van der Waals surface area contributed by atoms with Gasteiger partial charge in [0, 0.05) is 12.6 Å². The summed E-state index contributed by atoms with van der Waals surface area (Å²) in [5.41, 5.74) is -0.0194. The molecule has 15 heavy (non-hydrogen) atoms. The van der Waals surface area contributed by atoms with Crippen LogP contribution in [-0.4, -0.2) is 30.8 Å². The van der Waals surface area contributed by atoms with Crippen LogP contribution < -0.4 is 0 Å². The summed E-state index contributed by atoms with van der Waals surface area (Å²) in [4.78, 5) is 0. The third kappa shape index (κ3) is 1.24. The van der Waals surface area contributed by atoms with E-state index in [1.165, 1.54) is 0 Å². The molecule has 0 saturated carbocycles. The van der Waals surface area contributed by atoms with E-state index in [1.54, 1.807) is 13.3 Å². The summed E-state index contributed by atoms with van der Waals surface area (Å²) in [5.74, 6) is 1.99. The molecular formula is C10H14O3P2. The first-order valence-electron chi connectivity index (χ1n) is 5.12. The van der Waals surface area contributed by atoms with Crippen LogP contribution in [0.2, 0.25) is 0 Å². The highest BCUT2D eigenvalue weighted by molar-refractivity contribution is 7.67. The molecule has 1 fully saturated rings. The van der Waals surface area contributed by atoms with Gasteiger partial charge in [0.05, 0.1) is 17.4 Å². The van der Waals surface area contributed by atoms with Gasteiger partial charge in [-0.3, -0.25) is 4.57 Å². The Hall–Kier alpha value is -0.100. The molecule has 3 aliphatic heterocycles. The molecule has 0 spiro atoms. The Morgan fingerprint density at radius 1 is 1.13 bits per heavy atom. The van der Waals surface area contributed by atoms with E-state index in [0.29, 0.717) is 0 Å². The van der Waals surface area contributed by atoms with Crippen LogP contribution in [0.4, 0.5) is 0 Å². The van der Waals surface area contributed by atoms with Crippen molar-refractivity contribution < 1.29 is 13.7 Å². The SMILES string of the molecule is CP1(=O)C=C[C@@H]2[C@H]1[C@@H]1C=C[C@H]2P(C)(=O)O1. The van der Waals surface area contributed by atoms with Crippen molar-refractivity contribution >= 4 is 14.5 Å². The zero-order chi connectivity index (χ0) is 10.8. The van der Waals surface area contributed by atoms with E-state index in [2.05, 4.69) is 0 Å². The highest BCUT2D eigenvalue weighted by Crippen LogP contribution is 2.70. The normalized spacial score (nSPS) is 60.9. The molecule has 0 aromatic heterocycles. The lowest BCUT2D eigenvalue weighted by molar-refractivity contribution is 0.189. The molecule has 0 aromatic carbocycles.